The molecule has 1 aliphatic heterocycles. The third-order valence-electron chi connectivity index (χ3n) is 3.26. The molecule has 100 valence electrons. The number of oxazole rings is 1. The van der Waals surface area contributed by atoms with Gasteiger partial charge in [0.1, 0.15) is 6.26 Å². The van der Waals surface area contributed by atoms with Gasteiger partial charge < -0.3 is 14.1 Å². The van der Waals surface area contributed by atoms with Gasteiger partial charge in [0.2, 0.25) is 0 Å². The summed E-state index contributed by atoms with van der Waals surface area (Å²) in [5, 5.41) is 0. The summed E-state index contributed by atoms with van der Waals surface area (Å²) >= 11 is 0. The molecule has 0 aromatic carbocycles. The molecule has 1 atom stereocenters. The van der Waals surface area contributed by atoms with E-state index in [4.69, 9.17) is 9.15 Å². The Labute approximate surface area is 107 Å². The molecule has 0 N–H and O–H groups in total. The standard InChI is InChI=1S/C13H20N2O3/c1-3-17-12(16)11-9-18-13(14-11)15-7-4-5-10(2)6-8-15/h9-10H,3-8H2,1-2H3. The van der Waals surface area contributed by atoms with E-state index in [2.05, 4.69) is 16.8 Å². The second-order valence-corrected chi connectivity index (χ2v) is 4.76. The first-order valence-electron chi connectivity index (χ1n) is 6.58. The molecule has 1 unspecified atom stereocenters. The molecule has 2 heterocycles. The van der Waals surface area contributed by atoms with E-state index in [1.165, 1.54) is 12.7 Å². The number of aromatic nitrogens is 1. The van der Waals surface area contributed by atoms with Gasteiger partial charge in [0, 0.05) is 13.1 Å². The minimum Gasteiger partial charge on any atom is -0.461 e. The molecule has 1 aliphatic rings. The lowest BCUT2D eigenvalue weighted by molar-refractivity contribution is 0.0519. The summed E-state index contributed by atoms with van der Waals surface area (Å²) in [7, 11) is 0. The summed E-state index contributed by atoms with van der Waals surface area (Å²) in [5.41, 5.74) is 0.254. The first-order valence-corrected chi connectivity index (χ1v) is 6.58. The zero-order chi connectivity index (χ0) is 13.0. The lowest BCUT2D eigenvalue weighted by Gasteiger charge is -2.17. The Balaban J connectivity index is 2.02. The highest BCUT2D eigenvalue weighted by molar-refractivity contribution is 5.87. The quantitative estimate of drug-likeness (QED) is 0.773. The van der Waals surface area contributed by atoms with Crippen molar-refractivity contribution in [1.82, 2.24) is 4.98 Å². The Morgan fingerprint density at radius 2 is 2.39 bits per heavy atom. The van der Waals surface area contributed by atoms with Crippen molar-refractivity contribution in [3.05, 3.63) is 12.0 Å². The lowest BCUT2D eigenvalue weighted by atomic mass is 10.0. The fourth-order valence-electron chi connectivity index (χ4n) is 2.16. The van der Waals surface area contributed by atoms with Gasteiger partial charge in [0.15, 0.2) is 5.69 Å². The van der Waals surface area contributed by atoms with Crippen LogP contribution in [0.5, 0.6) is 0 Å². The van der Waals surface area contributed by atoms with Gasteiger partial charge in [-0.25, -0.2) is 4.79 Å². The summed E-state index contributed by atoms with van der Waals surface area (Å²) < 4.78 is 10.3. The molecule has 0 aliphatic carbocycles. The van der Waals surface area contributed by atoms with Gasteiger partial charge in [-0.3, -0.25) is 0 Å². The summed E-state index contributed by atoms with van der Waals surface area (Å²) in [4.78, 5) is 17.8. The van der Waals surface area contributed by atoms with Crippen molar-refractivity contribution in [2.75, 3.05) is 24.6 Å². The molecule has 1 saturated heterocycles. The first kappa shape index (κ1) is 12.9. The van der Waals surface area contributed by atoms with E-state index >= 15 is 0 Å². The normalized spacial score (nSPS) is 20.6. The molecule has 18 heavy (non-hydrogen) atoms. The number of anilines is 1. The predicted octanol–water partition coefficient (Wildman–Crippen LogP) is 2.48. The lowest BCUT2D eigenvalue weighted by Crippen LogP contribution is -2.24. The van der Waals surface area contributed by atoms with Crippen LogP contribution in [0.4, 0.5) is 6.01 Å². The van der Waals surface area contributed by atoms with E-state index in [0.29, 0.717) is 12.6 Å². The van der Waals surface area contributed by atoms with Gasteiger partial charge in [0.25, 0.3) is 6.01 Å². The molecule has 5 heteroatoms. The predicted molar refractivity (Wildman–Crippen MR) is 67.7 cm³/mol. The van der Waals surface area contributed by atoms with Crippen molar-refractivity contribution in [1.29, 1.82) is 0 Å². The van der Waals surface area contributed by atoms with Crippen molar-refractivity contribution in [3.63, 3.8) is 0 Å². The average molecular weight is 252 g/mol. The molecule has 5 nitrogen and oxygen atoms in total. The Hall–Kier alpha value is -1.52. The van der Waals surface area contributed by atoms with Crippen LogP contribution in [-0.2, 0) is 4.74 Å². The summed E-state index contributed by atoms with van der Waals surface area (Å²) in [6.45, 7) is 6.26. The summed E-state index contributed by atoms with van der Waals surface area (Å²) in [6.07, 6.45) is 4.89. The zero-order valence-electron chi connectivity index (χ0n) is 11.0. The van der Waals surface area contributed by atoms with Gasteiger partial charge in [-0.2, -0.15) is 4.98 Å². The van der Waals surface area contributed by atoms with Gasteiger partial charge in [0.05, 0.1) is 6.61 Å². The van der Waals surface area contributed by atoms with E-state index in [-0.39, 0.29) is 5.69 Å². The van der Waals surface area contributed by atoms with Crippen LogP contribution < -0.4 is 4.90 Å². The summed E-state index contributed by atoms with van der Waals surface area (Å²) in [5.74, 6) is 0.324. The van der Waals surface area contributed by atoms with Crippen LogP contribution in [0, 0.1) is 5.92 Å². The van der Waals surface area contributed by atoms with Crippen LogP contribution in [-0.4, -0.2) is 30.6 Å². The second-order valence-electron chi connectivity index (χ2n) is 4.76. The number of carbonyl (C=O) groups excluding carboxylic acids is 1. The van der Waals surface area contributed by atoms with Crippen molar-refractivity contribution in [3.8, 4) is 0 Å². The van der Waals surface area contributed by atoms with Crippen LogP contribution in [0.1, 0.15) is 43.6 Å². The van der Waals surface area contributed by atoms with Crippen molar-refractivity contribution in [2.45, 2.75) is 33.1 Å². The highest BCUT2D eigenvalue weighted by Crippen LogP contribution is 2.22. The average Bonchev–Trinajstić information content (AvgIpc) is 2.74. The van der Waals surface area contributed by atoms with Crippen LogP contribution >= 0.6 is 0 Å². The van der Waals surface area contributed by atoms with Gasteiger partial charge in [-0.1, -0.05) is 6.92 Å². The maximum absolute atomic E-state index is 11.5. The molecular formula is C13H20N2O3. The summed E-state index contributed by atoms with van der Waals surface area (Å²) in [6, 6.07) is 0.534. The molecular weight excluding hydrogens is 232 g/mol. The fraction of sp³-hybridized carbons (Fsp3) is 0.692. The molecule has 2 rings (SSSR count). The minimum atomic E-state index is -0.421. The number of carbonyl (C=O) groups is 1. The molecule has 1 fully saturated rings. The fourth-order valence-corrected chi connectivity index (χ4v) is 2.16. The van der Waals surface area contributed by atoms with Crippen molar-refractivity contribution < 1.29 is 13.9 Å². The van der Waals surface area contributed by atoms with E-state index in [0.717, 1.165) is 31.8 Å². The molecule has 0 bridgehead atoms. The SMILES string of the molecule is CCOC(=O)c1coc(N2CCCC(C)CC2)n1. The van der Waals surface area contributed by atoms with Gasteiger partial charge in [-0.15, -0.1) is 0 Å². The number of hydrogen-bond acceptors (Lipinski definition) is 5. The van der Waals surface area contributed by atoms with Crippen molar-refractivity contribution >= 4 is 12.0 Å². The van der Waals surface area contributed by atoms with Crippen LogP contribution in [0.25, 0.3) is 0 Å². The first-order chi connectivity index (χ1) is 8.70. The number of nitrogens with zero attached hydrogens (tertiary/aromatic N) is 2. The molecule has 0 saturated carbocycles. The van der Waals surface area contributed by atoms with E-state index in [1.807, 2.05) is 0 Å². The monoisotopic (exact) mass is 252 g/mol. The van der Waals surface area contributed by atoms with Crippen LogP contribution in [0.15, 0.2) is 10.7 Å². The number of hydrogen-bond donors (Lipinski definition) is 0. The Kier molecular flexibility index (Phi) is 4.23. The second kappa shape index (κ2) is 5.89. The highest BCUT2D eigenvalue weighted by atomic mass is 16.5. The van der Waals surface area contributed by atoms with E-state index in [1.54, 1.807) is 6.92 Å². The maximum atomic E-state index is 11.5. The third-order valence-corrected chi connectivity index (χ3v) is 3.26. The molecule has 0 spiro atoms. The number of ether oxygens (including phenoxy) is 1. The molecule has 0 radical (unpaired) electrons. The van der Waals surface area contributed by atoms with Crippen LogP contribution in [0.2, 0.25) is 0 Å². The van der Waals surface area contributed by atoms with Gasteiger partial charge in [-0.05, 0) is 32.1 Å². The third kappa shape index (κ3) is 3.03. The Bertz CT molecular complexity index is 403. The highest BCUT2D eigenvalue weighted by Gasteiger charge is 2.20. The Morgan fingerprint density at radius 3 is 3.17 bits per heavy atom. The van der Waals surface area contributed by atoms with Gasteiger partial charge >= 0.3 is 5.97 Å². The number of esters is 1. The molecule has 1 aromatic heterocycles. The maximum Gasteiger partial charge on any atom is 0.360 e. The molecule has 1 aromatic rings. The topological polar surface area (TPSA) is 55.6 Å². The minimum absolute atomic E-state index is 0.254. The number of rotatable bonds is 3. The largest absolute Gasteiger partial charge is 0.461 e. The Morgan fingerprint density at radius 1 is 1.56 bits per heavy atom. The van der Waals surface area contributed by atoms with E-state index < -0.39 is 5.97 Å². The smallest absolute Gasteiger partial charge is 0.360 e. The zero-order valence-corrected chi connectivity index (χ0v) is 11.0. The van der Waals surface area contributed by atoms with E-state index in [9.17, 15) is 4.79 Å². The molecule has 0 amide bonds. The van der Waals surface area contributed by atoms with Crippen LogP contribution in [0.3, 0.4) is 0 Å². The van der Waals surface area contributed by atoms with Crippen molar-refractivity contribution in [2.24, 2.45) is 5.92 Å².